The number of carbonyl (C=O) groups is 2. The number of carbonyl (C=O) groups excluding carboxylic acids is 2. The van der Waals surface area contributed by atoms with E-state index in [1.165, 1.54) is 0 Å². The predicted octanol–water partition coefficient (Wildman–Crippen LogP) is 4.02. The van der Waals surface area contributed by atoms with Gasteiger partial charge < -0.3 is 19.4 Å². The number of nitrogens with one attached hydrogen (secondary N) is 1. The molecule has 0 aliphatic carbocycles. The van der Waals surface area contributed by atoms with Crippen LogP contribution in [0, 0.1) is 0 Å². The summed E-state index contributed by atoms with van der Waals surface area (Å²) in [6.45, 7) is 2.27. The third-order valence-corrected chi connectivity index (χ3v) is 5.06. The molecule has 4 rings (SSSR count). The van der Waals surface area contributed by atoms with Crippen LogP contribution in [0.15, 0.2) is 71.1 Å². The SMILES string of the molecule is O=C(NCc1ccc(C(=O)N2CCCC2)cc1)c1ccc(COc2ccccc2)o1. The van der Waals surface area contributed by atoms with Gasteiger partial charge in [-0.25, -0.2) is 0 Å². The third kappa shape index (κ3) is 4.89. The largest absolute Gasteiger partial charge is 0.486 e. The molecule has 1 aliphatic rings. The molecule has 6 nitrogen and oxygen atoms in total. The van der Waals surface area contributed by atoms with Crippen LogP contribution < -0.4 is 10.1 Å². The van der Waals surface area contributed by atoms with E-state index in [0.717, 1.165) is 37.2 Å². The fraction of sp³-hybridized carbons (Fsp3) is 0.250. The van der Waals surface area contributed by atoms with Crippen molar-refractivity contribution in [2.75, 3.05) is 13.1 Å². The number of amides is 2. The minimum atomic E-state index is -0.293. The van der Waals surface area contributed by atoms with E-state index in [1.54, 1.807) is 12.1 Å². The summed E-state index contributed by atoms with van der Waals surface area (Å²) in [4.78, 5) is 26.6. The number of benzene rings is 2. The molecule has 2 amide bonds. The van der Waals surface area contributed by atoms with Crippen LogP contribution in [0.4, 0.5) is 0 Å². The second-order valence-electron chi connectivity index (χ2n) is 7.25. The molecular weight excluding hydrogens is 380 g/mol. The van der Waals surface area contributed by atoms with Crippen LogP contribution in [0.5, 0.6) is 5.75 Å². The molecule has 0 saturated carbocycles. The number of hydrogen-bond acceptors (Lipinski definition) is 4. The van der Waals surface area contributed by atoms with E-state index in [4.69, 9.17) is 9.15 Å². The Hall–Kier alpha value is -3.54. The van der Waals surface area contributed by atoms with E-state index in [-0.39, 0.29) is 24.2 Å². The summed E-state index contributed by atoms with van der Waals surface area (Å²) in [7, 11) is 0. The normalized spacial score (nSPS) is 13.3. The summed E-state index contributed by atoms with van der Waals surface area (Å²) < 4.78 is 11.2. The molecule has 1 saturated heterocycles. The van der Waals surface area contributed by atoms with Crippen LogP contribution >= 0.6 is 0 Å². The van der Waals surface area contributed by atoms with Gasteiger partial charge in [-0.2, -0.15) is 0 Å². The Morgan fingerprint density at radius 1 is 0.933 bits per heavy atom. The van der Waals surface area contributed by atoms with E-state index in [2.05, 4.69) is 5.32 Å². The average molecular weight is 404 g/mol. The highest BCUT2D eigenvalue weighted by molar-refractivity contribution is 5.94. The first-order valence-electron chi connectivity index (χ1n) is 10.1. The average Bonchev–Trinajstić information content (AvgIpc) is 3.49. The fourth-order valence-electron chi connectivity index (χ4n) is 3.39. The number of nitrogens with zero attached hydrogens (tertiary/aromatic N) is 1. The van der Waals surface area contributed by atoms with E-state index in [0.29, 0.717) is 17.9 Å². The van der Waals surface area contributed by atoms with Crippen molar-refractivity contribution >= 4 is 11.8 Å². The van der Waals surface area contributed by atoms with Crippen LogP contribution in [0.1, 0.15) is 45.1 Å². The van der Waals surface area contributed by atoms with Crippen molar-refractivity contribution in [1.82, 2.24) is 10.2 Å². The van der Waals surface area contributed by atoms with E-state index >= 15 is 0 Å². The fourth-order valence-corrected chi connectivity index (χ4v) is 3.39. The zero-order chi connectivity index (χ0) is 20.8. The standard InChI is InChI=1S/C24H24N2O4/c27-23(22-13-12-21(30-22)17-29-20-6-2-1-3-7-20)25-16-18-8-10-19(11-9-18)24(28)26-14-4-5-15-26/h1-3,6-13H,4-5,14-17H2,(H,25,27). The minimum absolute atomic E-state index is 0.0731. The summed E-state index contributed by atoms with van der Waals surface area (Å²) in [5.74, 6) is 1.34. The molecule has 0 atom stereocenters. The van der Waals surface area contributed by atoms with Crippen molar-refractivity contribution in [2.24, 2.45) is 0 Å². The smallest absolute Gasteiger partial charge is 0.287 e. The zero-order valence-corrected chi connectivity index (χ0v) is 16.7. The summed E-state index contributed by atoms with van der Waals surface area (Å²) in [5.41, 5.74) is 1.60. The quantitative estimate of drug-likeness (QED) is 0.646. The molecule has 1 aliphatic heterocycles. The van der Waals surface area contributed by atoms with Crippen molar-refractivity contribution in [3.05, 3.63) is 89.4 Å². The molecule has 0 spiro atoms. The van der Waals surface area contributed by atoms with E-state index in [9.17, 15) is 9.59 Å². The van der Waals surface area contributed by atoms with Crippen molar-refractivity contribution in [3.8, 4) is 5.75 Å². The molecule has 1 fully saturated rings. The highest BCUT2D eigenvalue weighted by atomic mass is 16.5. The van der Waals surface area contributed by atoms with Crippen LogP contribution in [0.2, 0.25) is 0 Å². The first-order valence-corrected chi connectivity index (χ1v) is 10.1. The molecule has 0 unspecified atom stereocenters. The highest BCUT2D eigenvalue weighted by Gasteiger charge is 2.19. The number of rotatable bonds is 7. The zero-order valence-electron chi connectivity index (χ0n) is 16.7. The number of hydrogen-bond donors (Lipinski definition) is 1. The first kappa shape index (κ1) is 19.8. The summed E-state index contributed by atoms with van der Waals surface area (Å²) in [6, 6.07) is 20.2. The number of ether oxygens (including phenoxy) is 1. The monoisotopic (exact) mass is 404 g/mol. The van der Waals surface area contributed by atoms with E-state index < -0.39 is 0 Å². The Bertz CT molecular complexity index is 990. The number of furan rings is 1. The molecule has 1 aromatic heterocycles. The lowest BCUT2D eigenvalue weighted by Crippen LogP contribution is -2.27. The molecule has 2 aromatic carbocycles. The van der Waals surface area contributed by atoms with Gasteiger partial charge in [0.05, 0.1) is 0 Å². The van der Waals surface area contributed by atoms with Crippen molar-refractivity contribution < 1.29 is 18.7 Å². The maximum absolute atomic E-state index is 12.4. The third-order valence-electron chi connectivity index (χ3n) is 5.06. The van der Waals surface area contributed by atoms with Crippen LogP contribution in [0.25, 0.3) is 0 Å². The highest BCUT2D eigenvalue weighted by Crippen LogP contribution is 2.15. The van der Waals surface area contributed by atoms with Crippen LogP contribution in [-0.4, -0.2) is 29.8 Å². The van der Waals surface area contributed by atoms with Crippen molar-refractivity contribution in [3.63, 3.8) is 0 Å². The lowest BCUT2D eigenvalue weighted by atomic mass is 10.1. The van der Waals surface area contributed by atoms with Gasteiger partial charge in [-0.1, -0.05) is 30.3 Å². The second kappa shape index (κ2) is 9.31. The van der Waals surface area contributed by atoms with Gasteiger partial charge in [0.1, 0.15) is 18.1 Å². The van der Waals surface area contributed by atoms with Gasteiger partial charge in [0.2, 0.25) is 0 Å². The van der Waals surface area contributed by atoms with Gasteiger partial charge in [-0.3, -0.25) is 9.59 Å². The lowest BCUT2D eigenvalue weighted by molar-refractivity contribution is 0.0792. The van der Waals surface area contributed by atoms with Crippen molar-refractivity contribution in [1.29, 1.82) is 0 Å². The maximum Gasteiger partial charge on any atom is 0.287 e. The molecule has 30 heavy (non-hydrogen) atoms. The Morgan fingerprint density at radius 2 is 1.67 bits per heavy atom. The molecule has 0 bridgehead atoms. The van der Waals surface area contributed by atoms with E-state index in [1.807, 2.05) is 59.5 Å². The van der Waals surface area contributed by atoms with Gasteiger partial charge in [0.25, 0.3) is 11.8 Å². The summed E-state index contributed by atoms with van der Waals surface area (Å²) >= 11 is 0. The predicted molar refractivity (Wildman–Crippen MR) is 112 cm³/mol. The van der Waals surface area contributed by atoms with Crippen molar-refractivity contribution in [2.45, 2.75) is 26.0 Å². The van der Waals surface area contributed by atoms with Gasteiger partial charge >= 0.3 is 0 Å². The summed E-state index contributed by atoms with van der Waals surface area (Å²) in [5, 5.41) is 2.84. The minimum Gasteiger partial charge on any atom is -0.486 e. The molecular formula is C24H24N2O4. The van der Waals surface area contributed by atoms with Gasteiger partial charge in [-0.05, 0) is 54.8 Å². The van der Waals surface area contributed by atoms with Crippen LogP contribution in [0.3, 0.4) is 0 Å². The molecule has 154 valence electrons. The molecule has 3 aromatic rings. The first-order chi connectivity index (χ1) is 14.7. The summed E-state index contributed by atoms with van der Waals surface area (Å²) in [6.07, 6.45) is 2.14. The Kier molecular flexibility index (Phi) is 6.13. The molecule has 0 radical (unpaired) electrons. The second-order valence-corrected chi connectivity index (χ2v) is 7.25. The van der Waals surface area contributed by atoms with Gasteiger partial charge in [0, 0.05) is 25.2 Å². The topological polar surface area (TPSA) is 71.8 Å². The number of likely N-dealkylation sites (tertiary alicyclic amines) is 1. The van der Waals surface area contributed by atoms with Crippen LogP contribution in [-0.2, 0) is 13.2 Å². The Labute approximate surface area is 175 Å². The molecule has 6 heteroatoms. The lowest BCUT2D eigenvalue weighted by Gasteiger charge is -2.15. The molecule has 2 heterocycles. The Balaban J connectivity index is 1.27. The van der Waals surface area contributed by atoms with Gasteiger partial charge in [-0.15, -0.1) is 0 Å². The Morgan fingerprint density at radius 3 is 2.40 bits per heavy atom. The maximum atomic E-state index is 12.4. The number of para-hydroxylation sites is 1. The van der Waals surface area contributed by atoms with Gasteiger partial charge in [0.15, 0.2) is 5.76 Å². The molecule has 1 N–H and O–H groups in total.